The number of hydrogen-bond donors (Lipinski definition) is 1. The quantitative estimate of drug-likeness (QED) is 0.179. The lowest BCUT2D eigenvalue weighted by Crippen LogP contribution is -2.60. The van der Waals surface area contributed by atoms with Crippen molar-refractivity contribution < 1.29 is 56.1 Å². The van der Waals surface area contributed by atoms with Crippen LogP contribution in [0.5, 0.6) is 0 Å². The zero-order chi connectivity index (χ0) is 31.4. The van der Waals surface area contributed by atoms with Crippen molar-refractivity contribution in [2.45, 2.75) is 76.1 Å². The number of anilines is 1. The maximum atomic E-state index is 12.3. The van der Waals surface area contributed by atoms with Crippen LogP contribution in [0, 0.1) is 0 Å². The summed E-state index contributed by atoms with van der Waals surface area (Å²) in [6.07, 6.45) is -5.53. The summed E-state index contributed by atoms with van der Waals surface area (Å²) in [5.74, 6) is -3.64. The van der Waals surface area contributed by atoms with E-state index in [4.69, 9.17) is 28.8 Å². The summed E-state index contributed by atoms with van der Waals surface area (Å²) in [5.41, 5.74) is 0.130. The number of aromatic nitrogens is 5. The van der Waals surface area contributed by atoms with Crippen LogP contribution in [0.4, 0.5) is 5.13 Å². The Hall–Kier alpha value is -4.08. The molecule has 230 valence electrons. The van der Waals surface area contributed by atoms with Crippen molar-refractivity contribution in [3.63, 3.8) is 0 Å². The van der Waals surface area contributed by atoms with Gasteiger partial charge in [0, 0.05) is 34.6 Å². The number of nitrogens with two attached hydrogens (primary N) is 1. The summed E-state index contributed by atoms with van der Waals surface area (Å²) in [5, 5.41) is 20.2. The van der Waals surface area contributed by atoms with Crippen molar-refractivity contribution in [1.82, 2.24) is 25.2 Å². The van der Waals surface area contributed by atoms with Gasteiger partial charge in [-0.3, -0.25) is 28.9 Å². The molecule has 1 amide bonds. The number of nitrogens with zero attached hydrogens (tertiary/aromatic N) is 6. The third kappa shape index (κ3) is 8.24. The Balaban J connectivity index is 1.99. The van der Waals surface area contributed by atoms with Gasteiger partial charge >= 0.3 is 23.9 Å². The average molecular weight is 634 g/mol. The summed E-state index contributed by atoms with van der Waals surface area (Å²) in [4.78, 5) is 60.9. The predicted molar refractivity (Wildman–Crippen MR) is 135 cm³/mol. The van der Waals surface area contributed by atoms with Crippen LogP contribution in [-0.2, 0) is 64.2 Å². The van der Waals surface area contributed by atoms with Crippen LogP contribution in [-0.4, -0.2) is 94.4 Å². The van der Waals surface area contributed by atoms with Gasteiger partial charge < -0.3 is 23.7 Å². The first-order valence-corrected chi connectivity index (χ1v) is 14.3. The van der Waals surface area contributed by atoms with Gasteiger partial charge in [0.2, 0.25) is 15.4 Å². The van der Waals surface area contributed by atoms with Gasteiger partial charge in [0.05, 0.1) is 12.7 Å². The van der Waals surface area contributed by atoms with Crippen LogP contribution in [0.3, 0.4) is 0 Å². The molecular weight excluding hydrogens is 606 g/mol. The van der Waals surface area contributed by atoms with Crippen LogP contribution in [0.25, 0.3) is 0 Å². The van der Waals surface area contributed by atoms with E-state index in [9.17, 15) is 32.4 Å². The largest absolute Gasteiger partial charge is 0.463 e. The second kappa shape index (κ2) is 13.3. The first kappa shape index (κ1) is 32.4. The number of sulfonamides is 1. The standard InChI is InChI=1S/C21H27N7O12S2/c1-9(29)27(20-24-25-21(41-20)42(22,34)35)6-14-7-28(26-23-14)19-18(39-13(5)33)17(38-12(4)32)16(37-11(3)31)15(40-19)8-36-10(2)30/h7,15-19H,6,8H2,1-5H3,(H2,22,34,35)/t15-,16-,17+,18-,19-/m1/s1. The minimum Gasteiger partial charge on any atom is -0.463 e. The van der Waals surface area contributed by atoms with Crippen LogP contribution in [0.1, 0.15) is 46.5 Å². The number of rotatable bonds is 10. The Labute approximate surface area is 242 Å². The third-order valence-corrected chi connectivity index (χ3v) is 7.61. The average Bonchev–Trinajstić information content (AvgIpc) is 3.53. The second-order valence-corrected chi connectivity index (χ2v) is 11.5. The molecule has 5 atom stereocenters. The molecule has 2 aromatic rings. The normalized spacial score (nSPS) is 22.1. The lowest BCUT2D eigenvalue weighted by Gasteiger charge is -2.44. The Morgan fingerprint density at radius 3 is 2.05 bits per heavy atom. The smallest absolute Gasteiger partial charge is 0.303 e. The molecule has 1 aliphatic rings. The maximum Gasteiger partial charge on any atom is 0.303 e. The van der Waals surface area contributed by atoms with Gasteiger partial charge in [-0.2, -0.15) is 0 Å². The van der Waals surface area contributed by atoms with Crippen molar-refractivity contribution in [2.24, 2.45) is 5.14 Å². The summed E-state index contributed by atoms with van der Waals surface area (Å²) in [6.45, 7) is 4.89. The highest BCUT2D eigenvalue weighted by Gasteiger charge is 2.53. The Morgan fingerprint density at radius 1 is 0.929 bits per heavy atom. The fraction of sp³-hybridized carbons (Fsp3) is 0.571. The number of carbonyl (C=O) groups is 5. The molecule has 1 saturated heterocycles. The van der Waals surface area contributed by atoms with E-state index in [0.29, 0.717) is 11.3 Å². The summed E-state index contributed by atoms with van der Waals surface area (Å²) < 4.78 is 51.0. The van der Waals surface area contributed by atoms with Gasteiger partial charge in [-0.15, -0.1) is 15.3 Å². The Kier molecular flexibility index (Phi) is 10.2. The van der Waals surface area contributed by atoms with Crippen LogP contribution >= 0.6 is 11.3 Å². The van der Waals surface area contributed by atoms with Crippen molar-refractivity contribution in [2.75, 3.05) is 11.5 Å². The molecule has 0 radical (unpaired) electrons. The first-order chi connectivity index (χ1) is 19.6. The molecule has 0 spiro atoms. The molecule has 2 N–H and O–H groups in total. The maximum absolute atomic E-state index is 12.3. The van der Waals surface area contributed by atoms with Crippen LogP contribution in [0.2, 0.25) is 0 Å². The zero-order valence-corrected chi connectivity index (χ0v) is 24.5. The molecule has 0 saturated carbocycles. The van der Waals surface area contributed by atoms with Gasteiger partial charge in [0.15, 0.2) is 24.5 Å². The van der Waals surface area contributed by atoms with Crippen LogP contribution < -0.4 is 10.0 Å². The fourth-order valence-corrected chi connectivity index (χ4v) is 5.30. The van der Waals surface area contributed by atoms with E-state index < -0.39 is 81.4 Å². The molecule has 3 rings (SSSR count). The van der Waals surface area contributed by atoms with E-state index >= 15 is 0 Å². The van der Waals surface area contributed by atoms with Gasteiger partial charge in [0.1, 0.15) is 18.4 Å². The van der Waals surface area contributed by atoms with Gasteiger partial charge in [-0.05, 0) is 0 Å². The fourth-order valence-electron chi connectivity index (χ4n) is 3.83. The SMILES string of the molecule is CC(=O)OC[C@H]1O[C@@H](n2cc(CN(C(C)=O)c3nnc(S(N)(=O)=O)s3)nn2)[C@H](OC(C)=O)[C@@H](OC(C)=O)[C@@H]1OC(C)=O. The van der Waals surface area contributed by atoms with Gasteiger partial charge in [0.25, 0.3) is 10.0 Å². The highest BCUT2D eigenvalue weighted by Crippen LogP contribution is 2.34. The molecule has 0 unspecified atom stereocenters. The lowest BCUT2D eigenvalue weighted by molar-refractivity contribution is -0.270. The molecule has 42 heavy (non-hydrogen) atoms. The predicted octanol–water partition coefficient (Wildman–Crippen LogP) is -1.41. The van der Waals surface area contributed by atoms with E-state index in [1.54, 1.807) is 0 Å². The third-order valence-electron chi connectivity index (χ3n) is 5.36. The highest BCUT2D eigenvalue weighted by atomic mass is 32.2. The van der Waals surface area contributed by atoms with E-state index in [2.05, 4.69) is 20.5 Å². The van der Waals surface area contributed by atoms with Crippen molar-refractivity contribution in [1.29, 1.82) is 0 Å². The van der Waals surface area contributed by atoms with E-state index in [0.717, 1.165) is 37.3 Å². The second-order valence-electron chi connectivity index (χ2n) is 8.78. The molecule has 3 heterocycles. The van der Waals surface area contributed by atoms with Gasteiger partial charge in [-0.25, -0.2) is 18.2 Å². The van der Waals surface area contributed by atoms with Gasteiger partial charge in [-0.1, -0.05) is 16.6 Å². The number of ether oxygens (including phenoxy) is 5. The van der Waals surface area contributed by atoms with Crippen LogP contribution in [0.15, 0.2) is 10.5 Å². The summed E-state index contributed by atoms with van der Waals surface area (Å²) in [7, 11) is -4.16. The zero-order valence-electron chi connectivity index (χ0n) is 22.9. The monoisotopic (exact) mass is 633 g/mol. The van der Waals surface area contributed by atoms with E-state index in [1.807, 2.05) is 0 Å². The molecule has 1 fully saturated rings. The number of amides is 1. The molecule has 2 aromatic heterocycles. The Morgan fingerprint density at radius 2 is 1.52 bits per heavy atom. The molecule has 0 aliphatic carbocycles. The molecule has 21 heteroatoms. The first-order valence-electron chi connectivity index (χ1n) is 11.9. The van der Waals surface area contributed by atoms with Crippen molar-refractivity contribution >= 4 is 56.3 Å². The highest BCUT2D eigenvalue weighted by molar-refractivity contribution is 7.91. The number of hydrogen-bond acceptors (Lipinski definition) is 17. The topological polar surface area (TPSA) is 251 Å². The van der Waals surface area contributed by atoms with Crippen molar-refractivity contribution in [3.05, 3.63) is 11.9 Å². The van der Waals surface area contributed by atoms with E-state index in [1.165, 1.54) is 13.1 Å². The number of carbonyl (C=O) groups excluding carboxylic acids is 5. The minimum absolute atomic E-state index is 0.0895. The summed E-state index contributed by atoms with van der Waals surface area (Å²) >= 11 is 0.558. The molecule has 0 aromatic carbocycles. The molecule has 0 bridgehead atoms. The number of primary sulfonamides is 1. The Bertz CT molecular complexity index is 1460. The van der Waals surface area contributed by atoms with E-state index in [-0.39, 0.29) is 17.4 Å². The summed E-state index contributed by atoms with van der Waals surface area (Å²) in [6, 6.07) is 0. The lowest BCUT2D eigenvalue weighted by atomic mass is 9.97. The molecular formula is C21H27N7O12S2. The van der Waals surface area contributed by atoms with Crippen molar-refractivity contribution in [3.8, 4) is 0 Å². The molecule has 19 nitrogen and oxygen atoms in total. The molecule has 1 aliphatic heterocycles. The number of esters is 4. The minimum atomic E-state index is -4.16.